The van der Waals surface area contributed by atoms with Gasteiger partial charge < -0.3 is 10.1 Å². The molecule has 0 aliphatic heterocycles. The summed E-state index contributed by atoms with van der Waals surface area (Å²) in [5.41, 5.74) is 4.64. The maximum absolute atomic E-state index is 5.42. The lowest BCUT2D eigenvalue weighted by atomic mass is 10.2. The minimum absolute atomic E-state index is 0.549. The summed E-state index contributed by atoms with van der Waals surface area (Å²) in [6.45, 7) is 3.38. The Labute approximate surface area is 116 Å². The van der Waals surface area contributed by atoms with Gasteiger partial charge in [0.15, 0.2) is 0 Å². The van der Waals surface area contributed by atoms with Gasteiger partial charge in [0.1, 0.15) is 0 Å². The summed E-state index contributed by atoms with van der Waals surface area (Å²) in [5, 5.41) is 3.13. The molecule has 1 aromatic carbocycles. The highest BCUT2D eigenvalue weighted by Gasteiger charge is 2.00. The maximum atomic E-state index is 5.42. The molecule has 0 atom stereocenters. The van der Waals surface area contributed by atoms with E-state index in [0.717, 1.165) is 22.1 Å². The normalized spacial score (nSPS) is 11.4. The van der Waals surface area contributed by atoms with E-state index in [-0.39, 0.29) is 0 Å². The zero-order chi connectivity index (χ0) is 13.4. The Kier molecular flexibility index (Phi) is 6.70. The van der Waals surface area contributed by atoms with Crippen molar-refractivity contribution >= 4 is 27.6 Å². The fourth-order valence-corrected chi connectivity index (χ4v) is 1.63. The lowest BCUT2D eigenvalue weighted by Crippen LogP contribution is -2.36. The maximum Gasteiger partial charge on any atom is 0.210 e. The number of methoxy groups -OCH3 is 1. The Bertz CT molecular complexity index is 409. The molecule has 18 heavy (non-hydrogen) atoms. The highest BCUT2D eigenvalue weighted by atomic mass is 79.9. The molecule has 0 unspecified atom stereocenters. The van der Waals surface area contributed by atoms with Crippen LogP contribution >= 0.6 is 15.9 Å². The van der Waals surface area contributed by atoms with Gasteiger partial charge in [-0.2, -0.15) is 0 Å². The number of hydrogen-bond donors (Lipinski definition) is 3. The number of ether oxygens (including phenoxy) is 1. The van der Waals surface area contributed by atoms with Crippen molar-refractivity contribution in [1.82, 2.24) is 5.43 Å². The molecule has 0 saturated carbocycles. The minimum Gasteiger partial charge on any atom is -0.385 e. The second-order valence-electron chi connectivity index (χ2n) is 3.81. The van der Waals surface area contributed by atoms with Crippen LogP contribution < -0.4 is 16.6 Å². The second-order valence-corrected chi connectivity index (χ2v) is 4.66. The molecule has 6 heteroatoms. The predicted octanol–water partition coefficient (Wildman–Crippen LogP) is 2.03. The lowest BCUT2D eigenvalue weighted by Gasteiger charge is -2.10. The quantitative estimate of drug-likeness (QED) is 0.256. The number of nitrogens with one attached hydrogen (secondary N) is 2. The number of hydrogen-bond acceptors (Lipinski definition) is 3. The number of nitrogens with two attached hydrogens (primary N) is 1. The number of aryl methyl sites for hydroxylation is 1. The molecule has 0 radical (unpaired) electrons. The summed E-state index contributed by atoms with van der Waals surface area (Å²) in [5.74, 6) is 5.97. The summed E-state index contributed by atoms with van der Waals surface area (Å²) in [7, 11) is 1.68. The van der Waals surface area contributed by atoms with Crippen LogP contribution in [0.25, 0.3) is 0 Å². The van der Waals surface area contributed by atoms with Gasteiger partial charge >= 0.3 is 0 Å². The number of halogens is 1. The zero-order valence-electron chi connectivity index (χ0n) is 10.7. The average Bonchev–Trinajstić information content (AvgIpc) is 2.37. The lowest BCUT2D eigenvalue weighted by molar-refractivity contribution is 0.197. The number of rotatable bonds is 5. The summed E-state index contributed by atoms with van der Waals surface area (Å²) in [6, 6.07) is 5.96. The Morgan fingerprint density at radius 1 is 1.50 bits per heavy atom. The molecule has 1 rings (SSSR count). The van der Waals surface area contributed by atoms with E-state index in [1.165, 1.54) is 0 Å². The van der Waals surface area contributed by atoms with Crippen molar-refractivity contribution in [3.05, 3.63) is 28.2 Å². The Hall–Kier alpha value is -1.11. The van der Waals surface area contributed by atoms with E-state index in [2.05, 4.69) is 31.7 Å². The largest absolute Gasteiger partial charge is 0.385 e. The van der Waals surface area contributed by atoms with Crippen LogP contribution in [-0.2, 0) is 4.74 Å². The van der Waals surface area contributed by atoms with Crippen molar-refractivity contribution in [2.75, 3.05) is 25.6 Å². The van der Waals surface area contributed by atoms with Gasteiger partial charge in [-0.25, -0.2) is 5.84 Å². The van der Waals surface area contributed by atoms with Crippen LogP contribution in [0.1, 0.15) is 12.0 Å². The molecule has 0 spiro atoms. The van der Waals surface area contributed by atoms with Gasteiger partial charge in [0.25, 0.3) is 0 Å². The van der Waals surface area contributed by atoms with E-state index in [0.29, 0.717) is 19.1 Å². The minimum atomic E-state index is 0.549. The first kappa shape index (κ1) is 14.9. The summed E-state index contributed by atoms with van der Waals surface area (Å²) in [4.78, 5) is 4.30. The molecule has 0 bridgehead atoms. The molecular weight excluding hydrogens is 296 g/mol. The van der Waals surface area contributed by atoms with Crippen LogP contribution in [0.5, 0.6) is 0 Å². The second kappa shape index (κ2) is 8.07. The molecule has 4 N–H and O–H groups in total. The molecule has 100 valence electrons. The van der Waals surface area contributed by atoms with Crippen molar-refractivity contribution in [3.8, 4) is 0 Å². The summed E-state index contributed by atoms with van der Waals surface area (Å²) in [6.07, 6.45) is 0.864. The van der Waals surface area contributed by atoms with Gasteiger partial charge in [-0.1, -0.05) is 15.9 Å². The highest BCUT2D eigenvalue weighted by Crippen LogP contribution is 2.19. The van der Waals surface area contributed by atoms with Gasteiger partial charge in [-0.05, 0) is 37.1 Å². The fourth-order valence-electron chi connectivity index (χ4n) is 1.38. The first-order chi connectivity index (χ1) is 8.67. The van der Waals surface area contributed by atoms with Crippen LogP contribution in [0.4, 0.5) is 5.69 Å². The van der Waals surface area contributed by atoms with E-state index in [4.69, 9.17) is 10.6 Å². The number of benzene rings is 1. The van der Waals surface area contributed by atoms with Crippen molar-refractivity contribution in [1.29, 1.82) is 0 Å². The number of hydrazine groups is 1. The third-order valence-corrected chi connectivity index (χ3v) is 3.22. The molecule has 0 aliphatic carbocycles. The van der Waals surface area contributed by atoms with E-state index in [1.807, 2.05) is 25.1 Å². The van der Waals surface area contributed by atoms with Crippen LogP contribution in [0.3, 0.4) is 0 Å². The molecule has 0 amide bonds. The number of anilines is 1. The third kappa shape index (κ3) is 5.03. The van der Waals surface area contributed by atoms with Crippen LogP contribution in [0, 0.1) is 6.92 Å². The fraction of sp³-hybridized carbons (Fsp3) is 0.417. The molecule has 0 heterocycles. The zero-order valence-corrected chi connectivity index (χ0v) is 12.3. The van der Waals surface area contributed by atoms with Gasteiger partial charge in [-0.15, -0.1) is 0 Å². The van der Waals surface area contributed by atoms with Crippen molar-refractivity contribution in [3.63, 3.8) is 0 Å². The first-order valence-electron chi connectivity index (χ1n) is 5.70. The van der Waals surface area contributed by atoms with Gasteiger partial charge in [-0.3, -0.25) is 10.4 Å². The van der Waals surface area contributed by atoms with Crippen LogP contribution in [0.2, 0.25) is 0 Å². The standard InChI is InChI=1S/C12H19BrN4O/c1-9-8-10(4-5-11(9)13)16-12(17-14)15-6-3-7-18-2/h4-5,8H,3,6-7,14H2,1-2H3,(H2,15,16,17). The van der Waals surface area contributed by atoms with Crippen LogP contribution in [-0.4, -0.2) is 26.2 Å². The average molecular weight is 315 g/mol. The summed E-state index contributed by atoms with van der Waals surface area (Å²) >= 11 is 3.46. The monoisotopic (exact) mass is 314 g/mol. The Morgan fingerprint density at radius 2 is 2.28 bits per heavy atom. The van der Waals surface area contributed by atoms with E-state index in [1.54, 1.807) is 7.11 Å². The highest BCUT2D eigenvalue weighted by molar-refractivity contribution is 9.10. The van der Waals surface area contributed by atoms with Gasteiger partial charge in [0, 0.05) is 30.4 Å². The third-order valence-electron chi connectivity index (χ3n) is 2.33. The molecule has 0 aromatic heterocycles. The Morgan fingerprint density at radius 3 is 2.89 bits per heavy atom. The van der Waals surface area contributed by atoms with Crippen LogP contribution in [0.15, 0.2) is 27.7 Å². The molecule has 0 saturated heterocycles. The SMILES string of the molecule is COCCCN=C(NN)Nc1ccc(Br)c(C)c1. The molecule has 0 aliphatic rings. The number of aliphatic imine (C=N–C) groups is 1. The van der Waals surface area contributed by atoms with E-state index in [9.17, 15) is 0 Å². The summed E-state index contributed by atoms with van der Waals surface area (Å²) < 4.78 is 6.03. The van der Waals surface area contributed by atoms with E-state index < -0.39 is 0 Å². The van der Waals surface area contributed by atoms with Crippen molar-refractivity contribution in [2.45, 2.75) is 13.3 Å². The Balaban J connectivity index is 2.58. The predicted molar refractivity (Wildman–Crippen MR) is 78.6 cm³/mol. The van der Waals surface area contributed by atoms with Gasteiger partial charge in [0.2, 0.25) is 5.96 Å². The molecular formula is C12H19BrN4O. The molecule has 0 fully saturated rings. The smallest absolute Gasteiger partial charge is 0.210 e. The van der Waals surface area contributed by atoms with E-state index >= 15 is 0 Å². The molecule has 1 aromatic rings. The van der Waals surface area contributed by atoms with Crippen molar-refractivity contribution in [2.24, 2.45) is 10.8 Å². The molecule has 5 nitrogen and oxygen atoms in total. The van der Waals surface area contributed by atoms with Crippen molar-refractivity contribution < 1.29 is 4.74 Å². The number of nitrogens with zero attached hydrogens (tertiary/aromatic N) is 1. The number of guanidine groups is 1. The van der Waals surface area contributed by atoms with Gasteiger partial charge in [0.05, 0.1) is 0 Å². The first-order valence-corrected chi connectivity index (χ1v) is 6.50. The topological polar surface area (TPSA) is 71.7 Å².